The minimum atomic E-state index is -1.16. The maximum Gasteiger partial charge on any atom is 0.323 e. The Kier molecular flexibility index (Phi) is 4.09. The summed E-state index contributed by atoms with van der Waals surface area (Å²) in [5.41, 5.74) is 0.338. The van der Waals surface area contributed by atoms with Crippen LogP contribution in [0.3, 0.4) is 0 Å². The van der Waals surface area contributed by atoms with Gasteiger partial charge in [0.25, 0.3) is 5.91 Å². The second kappa shape index (κ2) is 5.96. The Bertz CT molecular complexity index is 536. The first-order valence-corrected chi connectivity index (χ1v) is 5.85. The molecule has 0 aliphatic carbocycles. The van der Waals surface area contributed by atoms with Gasteiger partial charge in [0.15, 0.2) is 0 Å². The number of carbonyl (C=O) groups is 2. The summed E-state index contributed by atoms with van der Waals surface area (Å²) >= 11 is 0. The van der Waals surface area contributed by atoms with Crippen LogP contribution in [-0.4, -0.2) is 41.8 Å². The molecule has 0 bridgehead atoms. The van der Waals surface area contributed by atoms with Crippen molar-refractivity contribution in [2.75, 3.05) is 24.7 Å². The first-order valence-electron chi connectivity index (χ1n) is 5.85. The molecular formula is C13H13NO6. The lowest BCUT2D eigenvalue weighted by Gasteiger charge is -2.23. The Morgan fingerprint density at radius 3 is 2.45 bits per heavy atom. The van der Waals surface area contributed by atoms with Gasteiger partial charge in [-0.05, 0) is 24.3 Å². The fourth-order valence-electron chi connectivity index (χ4n) is 1.66. The van der Waals surface area contributed by atoms with Crippen LogP contribution < -0.4 is 4.90 Å². The SMILES string of the molecule is O=C(O)CN(C(=O)C1=COCCO1)c1ccc(O)cc1. The molecule has 0 saturated carbocycles. The number of phenols is 1. The summed E-state index contributed by atoms with van der Waals surface area (Å²) in [6.07, 6.45) is 1.17. The Morgan fingerprint density at radius 2 is 1.90 bits per heavy atom. The molecule has 106 valence electrons. The molecule has 0 fully saturated rings. The molecule has 1 amide bonds. The van der Waals surface area contributed by atoms with Crippen LogP contribution in [0.25, 0.3) is 0 Å². The van der Waals surface area contributed by atoms with Crippen molar-refractivity contribution in [3.05, 3.63) is 36.3 Å². The van der Waals surface area contributed by atoms with Crippen LogP contribution in [0.1, 0.15) is 0 Å². The average Bonchev–Trinajstić information content (AvgIpc) is 2.46. The minimum Gasteiger partial charge on any atom is -0.508 e. The number of carboxylic acids is 1. The van der Waals surface area contributed by atoms with Crippen molar-refractivity contribution in [2.24, 2.45) is 0 Å². The number of amides is 1. The summed E-state index contributed by atoms with van der Waals surface area (Å²) in [7, 11) is 0. The number of nitrogens with zero attached hydrogens (tertiary/aromatic N) is 1. The first-order chi connectivity index (χ1) is 9.58. The lowest BCUT2D eigenvalue weighted by molar-refractivity contribution is -0.136. The number of hydrogen-bond donors (Lipinski definition) is 2. The van der Waals surface area contributed by atoms with Gasteiger partial charge in [-0.3, -0.25) is 14.5 Å². The highest BCUT2D eigenvalue weighted by Crippen LogP contribution is 2.21. The lowest BCUT2D eigenvalue weighted by Crippen LogP contribution is -2.38. The van der Waals surface area contributed by atoms with Gasteiger partial charge in [-0.15, -0.1) is 0 Å². The fraction of sp³-hybridized carbons (Fsp3) is 0.231. The van der Waals surface area contributed by atoms with Crippen molar-refractivity contribution in [3.63, 3.8) is 0 Å². The van der Waals surface area contributed by atoms with Crippen LogP contribution in [0.5, 0.6) is 5.75 Å². The quantitative estimate of drug-likeness (QED) is 0.842. The first kappa shape index (κ1) is 13.7. The number of carbonyl (C=O) groups excluding carboxylic acids is 1. The second-order valence-electron chi connectivity index (χ2n) is 4.00. The molecule has 0 saturated heterocycles. The summed E-state index contributed by atoms with van der Waals surface area (Å²) < 4.78 is 10.1. The highest BCUT2D eigenvalue weighted by Gasteiger charge is 2.25. The van der Waals surface area contributed by atoms with Crippen molar-refractivity contribution in [1.29, 1.82) is 0 Å². The number of anilines is 1. The maximum atomic E-state index is 12.2. The van der Waals surface area contributed by atoms with E-state index in [1.165, 1.54) is 30.5 Å². The standard InChI is InChI=1S/C13H13NO6/c15-10-3-1-9(2-4-10)14(7-12(16)17)13(18)11-8-19-5-6-20-11/h1-4,8,15H,5-7H2,(H,16,17). The van der Waals surface area contributed by atoms with E-state index in [4.69, 9.17) is 14.6 Å². The highest BCUT2D eigenvalue weighted by atomic mass is 16.6. The number of hydrogen-bond acceptors (Lipinski definition) is 5. The van der Waals surface area contributed by atoms with E-state index in [1.54, 1.807) is 0 Å². The second-order valence-corrected chi connectivity index (χ2v) is 4.00. The number of ether oxygens (including phenoxy) is 2. The van der Waals surface area contributed by atoms with Crippen molar-refractivity contribution >= 4 is 17.6 Å². The van der Waals surface area contributed by atoms with E-state index in [9.17, 15) is 14.7 Å². The Hall–Kier alpha value is -2.70. The third-order valence-electron chi connectivity index (χ3n) is 2.56. The fourth-order valence-corrected chi connectivity index (χ4v) is 1.66. The van der Waals surface area contributed by atoms with E-state index < -0.39 is 18.4 Å². The van der Waals surface area contributed by atoms with E-state index >= 15 is 0 Å². The van der Waals surface area contributed by atoms with Gasteiger partial charge in [-0.25, -0.2) is 0 Å². The normalized spacial score (nSPS) is 13.7. The van der Waals surface area contributed by atoms with Crippen molar-refractivity contribution in [1.82, 2.24) is 0 Å². The summed E-state index contributed by atoms with van der Waals surface area (Å²) in [4.78, 5) is 24.2. The predicted molar refractivity (Wildman–Crippen MR) is 68.1 cm³/mol. The van der Waals surface area contributed by atoms with Crippen molar-refractivity contribution in [3.8, 4) is 5.75 Å². The minimum absolute atomic E-state index is 0.0212. The van der Waals surface area contributed by atoms with Crippen molar-refractivity contribution < 1.29 is 29.3 Å². The van der Waals surface area contributed by atoms with Gasteiger partial charge >= 0.3 is 5.97 Å². The van der Waals surface area contributed by atoms with Gasteiger partial charge in [0.1, 0.15) is 31.8 Å². The molecule has 0 atom stereocenters. The Labute approximate surface area is 114 Å². The van der Waals surface area contributed by atoms with Crippen LogP contribution >= 0.6 is 0 Å². The molecule has 0 unspecified atom stereocenters. The molecule has 1 aromatic rings. The van der Waals surface area contributed by atoms with Gasteiger partial charge in [0, 0.05) is 5.69 Å². The third kappa shape index (κ3) is 3.19. The smallest absolute Gasteiger partial charge is 0.323 e. The van der Waals surface area contributed by atoms with E-state index in [1.807, 2.05) is 0 Å². The molecule has 7 heteroatoms. The summed E-state index contributed by atoms with van der Waals surface area (Å²) in [6, 6.07) is 5.62. The van der Waals surface area contributed by atoms with Gasteiger partial charge < -0.3 is 19.7 Å². The van der Waals surface area contributed by atoms with Gasteiger partial charge in [-0.2, -0.15) is 0 Å². The van der Waals surface area contributed by atoms with Crippen LogP contribution in [0.4, 0.5) is 5.69 Å². The van der Waals surface area contributed by atoms with Crippen LogP contribution in [0, 0.1) is 0 Å². The monoisotopic (exact) mass is 279 g/mol. The zero-order valence-corrected chi connectivity index (χ0v) is 10.5. The maximum absolute atomic E-state index is 12.2. The Morgan fingerprint density at radius 1 is 1.20 bits per heavy atom. The van der Waals surface area contributed by atoms with Crippen molar-refractivity contribution in [2.45, 2.75) is 0 Å². The molecular weight excluding hydrogens is 266 g/mol. The number of aliphatic carboxylic acids is 1. The van der Waals surface area contributed by atoms with Gasteiger partial charge in [0.05, 0.1) is 0 Å². The van der Waals surface area contributed by atoms with Crippen LogP contribution in [-0.2, 0) is 19.1 Å². The van der Waals surface area contributed by atoms with Crippen LogP contribution in [0.2, 0.25) is 0 Å². The number of phenolic OH excluding ortho intramolecular Hbond substituents is 1. The molecule has 7 nitrogen and oxygen atoms in total. The molecule has 2 rings (SSSR count). The number of carboxylic acid groups (broad SMARTS) is 1. The van der Waals surface area contributed by atoms with E-state index in [-0.39, 0.29) is 18.1 Å². The van der Waals surface area contributed by atoms with Crippen LogP contribution in [0.15, 0.2) is 36.3 Å². The van der Waals surface area contributed by atoms with Gasteiger partial charge in [0.2, 0.25) is 5.76 Å². The van der Waals surface area contributed by atoms with Gasteiger partial charge in [-0.1, -0.05) is 0 Å². The van der Waals surface area contributed by atoms with E-state index in [0.717, 1.165) is 4.90 Å². The zero-order chi connectivity index (χ0) is 14.5. The lowest BCUT2D eigenvalue weighted by atomic mass is 10.2. The number of rotatable bonds is 4. The largest absolute Gasteiger partial charge is 0.508 e. The molecule has 1 heterocycles. The number of benzene rings is 1. The summed E-state index contributed by atoms with van der Waals surface area (Å²) in [5, 5.41) is 18.1. The topological polar surface area (TPSA) is 96.3 Å². The summed E-state index contributed by atoms with van der Waals surface area (Å²) in [6.45, 7) is 0.0489. The number of aromatic hydroxyl groups is 1. The molecule has 0 radical (unpaired) electrons. The molecule has 20 heavy (non-hydrogen) atoms. The Balaban J connectivity index is 2.27. The third-order valence-corrected chi connectivity index (χ3v) is 2.56. The van der Waals surface area contributed by atoms with E-state index in [2.05, 4.69) is 0 Å². The highest BCUT2D eigenvalue weighted by molar-refractivity contribution is 6.06. The molecule has 0 spiro atoms. The summed E-state index contributed by atoms with van der Waals surface area (Å²) in [5.74, 6) is -1.81. The molecule has 1 aliphatic rings. The average molecular weight is 279 g/mol. The molecule has 2 N–H and O–H groups in total. The predicted octanol–water partition coefficient (Wildman–Crippen LogP) is 0.698. The zero-order valence-electron chi connectivity index (χ0n) is 10.5. The molecule has 1 aromatic carbocycles. The molecule has 1 aliphatic heterocycles. The molecule has 0 aromatic heterocycles. The van der Waals surface area contributed by atoms with E-state index in [0.29, 0.717) is 12.3 Å².